The minimum Gasteiger partial charge on any atom is -0.355 e. The van der Waals surface area contributed by atoms with Crippen molar-refractivity contribution in [2.45, 2.75) is 63.2 Å². The lowest BCUT2D eigenvalue weighted by Crippen LogP contribution is -2.43. The molecule has 2 aromatic rings. The Hall–Kier alpha value is -1.75. The van der Waals surface area contributed by atoms with Gasteiger partial charge in [0.25, 0.3) is 0 Å². The molecule has 1 N–H and O–H groups in total. The fourth-order valence-corrected chi connectivity index (χ4v) is 5.52. The monoisotopic (exact) mass is 372 g/mol. The molecule has 0 aliphatic heterocycles. The Morgan fingerprint density at radius 2 is 1.85 bits per heavy atom. The lowest BCUT2D eigenvalue weighted by Gasteiger charge is -2.28. The van der Waals surface area contributed by atoms with Gasteiger partial charge in [0.1, 0.15) is 5.82 Å². The zero-order valence-electron chi connectivity index (χ0n) is 15.0. The second-order valence-electron chi connectivity index (χ2n) is 7.49. The zero-order valence-corrected chi connectivity index (χ0v) is 15.8. The summed E-state index contributed by atoms with van der Waals surface area (Å²) in [7, 11) is 0. The number of thiazole rings is 1. The van der Waals surface area contributed by atoms with E-state index in [-0.39, 0.29) is 11.7 Å². The van der Waals surface area contributed by atoms with Crippen molar-refractivity contribution < 1.29 is 9.18 Å². The smallest absolute Gasteiger partial charge is 0.230 e. The van der Waals surface area contributed by atoms with Gasteiger partial charge in [-0.1, -0.05) is 25.0 Å². The van der Waals surface area contributed by atoms with Crippen LogP contribution in [0, 0.1) is 5.82 Å². The number of benzene rings is 1. The molecule has 2 aliphatic carbocycles. The van der Waals surface area contributed by atoms with Gasteiger partial charge in [0.05, 0.1) is 16.1 Å². The third-order valence-corrected chi connectivity index (χ3v) is 7.02. The number of aryl methyl sites for hydroxylation is 2. The van der Waals surface area contributed by atoms with Crippen LogP contribution in [-0.2, 0) is 29.5 Å². The molecule has 0 spiro atoms. The topological polar surface area (TPSA) is 42.0 Å². The average molecular weight is 373 g/mol. The van der Waals surface area contributed by atoms with Gasteiger partial charge < -0.3 is 5.32 Å². The third kappa shape index (κ3) is 3.41. The predicted molar refractivity (Wildman–Crippen MR) is 102 cm³/mol. The van der Waals surface area contributed by atoms with E-state index in [1.54, 1.807) is 12.1 Å². The molecule has 0 unspecified atom stereocenters. The number of carbonyl (C=O) groups is 1. The molecular formula is C21H25FN2OS. The molecule has 0 saturated heterocycles. The van der Waals surface area contributed by atoms with Crippen LogP contribution in [0.1, 0.15) is 59.7 Å². The molecule has 0 radical (unpaired) electrons. The maximum absolute atomic E-state index is 13.3. The van der Waals surface area contributed by atoms with E-state index in [1.807, 2.05) is 11.3 Å². The highest BCUT2D eigenvalue weighted by atomic mass is 32.1. The molecule has 3 nitrogen and oxygen atoms in total. The van der Waals surface area contributed by atoms with E-state index < -0.39 is 5.41 Å². The first kappa shape index (κ1) is 17.7. The van der Waals surface area contributed by atoms with Gasteiger partial charge in [-0.3, -0.25) is 4.79 Å². The molecule has 1 aromatic heterocycles. The summed E-state index contributed by atoms with van der Waals surface area (Å²) in [6, 6.07) is 6.47. The van der Waals surface area contributed by atoms with Crippen molar-refractivity contribution >= 4 is 17.2 Å². The van der Waals surface area contributed by atoms with Crippen molar-refractivity contribution in [2.75, 3.05) is 6.54 Å². The largest absolute Gasteiger partial charge is 0.355 e. The molecule has 0 bridgehead atoms. The van der Waals surface area contributed by atoms with E-state index >= 15 is 0 Å². The van der Waals surface area contributed by atoms with Crippen molar-refractivity contribution in [3.63, 3.8) is 0 Å². The maximum atomic E-state index is 13.3. The van der Waals surface area contributed by atoms with E-state index in [4.69, 9.17) is 4.98 Å². The number of rotatable bonds is 5. The van der Waals surface area contributed by atoms with E-state index in [0.717, 1.165) is 55.5 Å². The fourth-order valence-electron chi connectivity index (χ4n) is 4.36. The van der Waals surface area contributed by atoms with Crippen LogP contribution in [0.25, 0.3) is 0 Å². The number of hydrogen-bond acceptors (Lipinski definition) is 3. The molecule has 26 heavy (non-hydrogen) atoms. The quantitative estimate of drug-likeness (QED) is 0.849. The first-order chi connectivity index (χ1) is 12.7. The number of hydrogen-bond donors (Lipinski definition) is 1. The Labute approximate surface area is 158 Å². The van der Waals surface area contributed by atoms with E-state index in [1.165, 1.54) is 35.5 Å². The lowest BCUT2D eigenvalue weighted by molar-refractivity contribution is -0.126. The summed E-state index contributed by atoms with van der Waals surface area (Å²) in [5.74, 6) is -0.169. The summed E-state index contributed by atoms with van der Waals surface area (Å²) in [6.45, 7) is 0.619. The summed E-state index contributed by atoms with van der Waals surface area (Å²) in [4.78, 5) is 19.2. The van der Waals surface area contributed by atoms with Gasteiger partial charge in [-0.25, -0.2) is 9.37 Å². The molecule has 1 aromatic carbocycles. The number of nitrogens with one attached hydrogen (secondary N) is 1. The number of carbonyl (C=O) groups excluding carboxylic acids is 1. The normalized spacial score (nSPS) is 18.5. The molecule has 138 valence electrons. The summed E-state index contributed by atoms with van der Waals surface area (Å²) >= 11 is 1.81. The highest BCUT2D eigenvalue weighted by molar-refractivity contribution is 7.11. The lowest BCUT2D eigenvalue weighted by atomic mass is 9.78. The van der Waals surface area contributed by atoms with Gasteiger partial charge in [-0.2, -0.15) is 0 Å². The molecule has 5 heteroatoms. The second-order valence-corrected chi connectivity index (χ2v) is 8.65. The van der Waals surface area contributed by atoms with Crippen molar-refractivity contribution in [2.24, 2.45) is 0 Å². The number of aromatic nitrogens is 1. The number of amides is 1. The minimum absolute atomic E-state index is 0.0860. The Kier molecular flexibility index (Phi) is 5.07. The SMILES string of the molecule is O=C(NCCc1nc2c(s1)CCCC2)C1(c2ccc(F)cc2)CCCC1. The van der Waals surface area contributed by atoms with Crippen LogP contribution >= 0.6 is 11.3 Å². The van der Waals surface area contributed by atoms with Gasteiger partial charge in [0.15, 0.2) is 0 Å². The molecule has 0 atom stereocenters. The number of nitrogens with zero attached hydrogens (tertiary/aromatic N) is 1. The first-order valence-electron chi connectivity index (χ1n) is 9.69. The Morgan fingerprint density at radius 1 is 1.12 bits per heavy atom. The molecular weight excluding hydrogens is 347 g/mol. The molecule has 4 rings (SSSR count). The van der Waals surface area contributed by atoms with Crippen LogP contribution in [0.4, 0.5) is 4.39 Å². The van der Waals surface area contributed by atoms with Crippen molar-refractivity contribution in [3.8, 4) is 0 Å². The van der Waals surface area contributed by atoms with Gasteiger partial charge in [-0.15, -0.1) is 11.3 Å². The molecule has 1 fully saturated rings. The molecule has 2 aliphatic rings. The second kappa shape index (κ2) is 7.47. The van der Waals surface area contributed by atoms with E-state index in [0.29, 0.717) is 6.54 Å². The summed E-state index contributed by atoms with van der Waals surface area (Å²) in [6.07, 6.45) is 9.35. The van der Waals surface area contributed by atoms with E-state index in [2.05, 4.69) is 5.32 Å². The molecule has 1 amide bonds. The van der Waals surface area contributed by atoms with Gasteiger partial charge in [-0.05, 0) is 56.2 Å². The Balaban J connectivity index is 1.41. The van der Waals surface area contributed by atoms with Crippen molar-refractivity contribution in [1.82, 2.24) is 10.3 Å². The van der Waals surface area contributed by atoms with Crippen LogP contribution in [-0.4, -0.2) is 17.4 Å². The summed E-state index contributed by atoms with van der Waals surface area (Å²) in [5, 5.41) is 4.28. The highest BCUT2D eigenvalue weighted by Crippen LogP contribution is 2.41. The Morgan fingerprint density at radius 3 is 2.58 bits per heavy atom. The third-order valence-electron chi connectivity index (χ3n) is 5.80. The van der Waals surface area contributed by atoms with E-state index in [9.17, 15) is 9.18 Å². The number of fused-ring (bicyclic) bond motifs is 1. The molecule has 1 heterocycles. The first-order valence-corrected chi connectivity index (χ1v) is 10.5. The van der Waals surface area contributed by atoms with Crippen LogP contribution in [0.3, 0.4) is 0 Å². The van der Waals surface area contributed by atoms with Gasteiger partial charge >= 0.3 is 0 Å². The average Bonchev–Trinajstić information content (AvgIpc) is 3.29. The van der Waals surface area contributed by atoms with Gasteiger partial charge in [0, 0.05) is 17.8 Å². The summed E-state index contributed by atoms with van der Waals surface area (Å²) < 4.78 is 13.3. The highest BCUT2D eigenvalue weighted by Gasteiger charge is 2.42. The standard InChI is InChI=1S/C21H25FN2OS/c22-16-9-7-15(8-10-16)21(12-3-4-13-21)20(25)23-14-11-19-24-17-5-1-2-6-18(17)26-19/h7-10H,1-6,11-14H2,(H,23,25). The summed E-state index contributed by atoms with van der Waals surface area (Å²) in [5.41, 5.74) is 1.73. The zero-order chi connectivity index (χ0) is 18.0. The number of halogens is 1. The van der Waals surface area contributed by atoms with Crippen LogP contribution in [0.15, 0.2) is 24.3 Å². The van der Waals surface area contributed by atoms with Crippen LogP contribution in [0.5, 0.6) is 0 Å². The predicted octanol–water partition coefficient (Wildman–Crippen LogP) is 4.33. The molecule has 1 saturated carbocycles. The van der Waals surface area contributed by atoms with Crippen LogP contribution in [0.2, 0.25) is 0 Å². The van der Waals surface area contributed by atoms with Crippen molar-refractivity contribution in [1.29, 1.82) is 0 Å². The maximum Gasteiger partial charge on any atom is 0.230 e. The van der Waals surface area contributed by atoms with Crippen molar-refractivity contribution in [3.05, 3.63) is 51.2 Å². The Bertz CT molecular complexity index is 754. The van der Waals surface area contributed by atoms with Crippen LogP contribution < -0.4 is 5.32 Å². The van der Waals surface area contributed by atoms with Gasteiger partial charge in [0.2, 0.25) is 5.91 Å². The fraction of sp³-hybridized carbons (Fsp3) is 0.524. The minimum atomic E-state index is -0.490.